The zero-order valence-corrected chi connectivity index (χ0v) is 22.3. The van der Waals surface area contributed by atoms with Crippen LogP contribution in [0.3, 0.4) is 0 Å². The van der Waals surface area contributed by atoms with Crippen LogP contribution in [-0.2, 0) is 28.7 Å². The Morgan fingerprint density at radius 1 is 1.10 bits per heavy atom. The molecule has 5 amide bonds. The molecule has 0 bridgehead atoms. The van der Waals surface area contributed by atoms with Crippen molar-refractivity contribution in [3.63, 3.8) is 0 Å². The average Bonchev–Trinajstić information content (AvgIpc) is 3.02. The lowest BCUT2D eigenvalue weighted by atomic mass is 10.0. The van der Waals surface area contributed by atoms with E-state index in [0.717, 1.165) is 15.0 Å². The van der Waals surface area contributed by atoms with Crippen LogP contribution in [0.2, 0.25) is 10.0 Å². The summed E-state index contributed by atoms with van der Waals surface area (Å²) in [7, 11) is 0. The second kappa shape index (κ2) is 13.4. The maximum Gasteiger partial charge on any atom is 0.358 e. The molecule has 17 heteroatoms. The van der Waals surface area contributed by atoms with Gasteiger partial charge in [0.15, 0.2) is 12.4 Å². The Morgan fingerprint density at radius 3 is 2.40 bits per heavy atom. The van der Waals surface area contributed by atoms with Gasteiger partial charge in [-0.05, 0) is 25.0 Å². The minimum absolute atomic E-state index is 0.0388. The molecule has 2 unspecified atom stereocenters. The van der Waals surface area contributed by atoms with E-state index in [4.69, 9.17) is 33.0 Å². The molecular weight excluding hydrogens is 577 g/mol. The topological polar surface area (TPSA) is 203 Å². The van der Waals surface area contributed by atoms with Crippen LogP contribution < -0.4 is 10.7 Å². The Balaban J connectivity index is 1.76. The number of aliphatic hydroxyl groups excluding tert-OH is 1. The smallest absolute Gasteiger partial charge is 0.358 e. The SMILES string of the molecule is O=C(O)CC(NC(=O)C1CCCN2C(=O)CCN(NC(=O)CO)C(=O)N12)C(=O)COC(=O)c1c(Cl)cccc1Cl. The number of hydrogen-bond acceptors (Lipinski definition) is 9. The van der Waals surface area contributed by atoms with E-state index in [2.05, 4.69) is 10.7 Å². The summed E-state index contributed by atoms with van der Waals surface area (Å²) in [6, 6.07) is 0.262. The second-order valence-electron chi connectivity index (χ2n) is 8.69. The highest BCUT2D eigenvalue weighted by atomic mass is 35.5. The molecule has 4 N–H and O–H groups in total. The number of hydrogen-bond donors (Lipinski definition) is 4. The van der Waals surface area contributed by atoms with Crippen molar-refractivity contribution in [3.05, 3.63) is 33.8 Å². The van der Waals surface area contributed by atoms with Gasteiger partial charge in [0.25, 0.3) is 5.91 Å². The number of aliphatic hydroxyl groups is 1. The number of carbonyl (C=O) groups is 7. The molecule has 2 aliphatic heterocycles. The second-order valence-corrected chi connectivity index (χ2v) is 9.51. The van der Waals surface area contributed by atoms with Crippen molar-refractivity contribution in [1.29, 1.82) is 0 Å². The molecule has 2 saturated heterocycles. The van der Waals surface area contributed by atoms with Gasteiger partial charge in [-0.2, -0.15) is 0 Å². The first-order valence-electron chi connectivity index (χ1n) is 11.9. The molecule has 3 rings (SSSR count). The molecule has 0 aliphatic carbocycles. The molecular formula is C23H25Cl2N5O10. The Bertz CT molecular complexity index is 1210. The van der Waals surface area contributed by atoms with E-state index in [1.54, 1.807) is 0 Å². The molecule has 0 spiro atoms. The summed E-state index contributed by atoms with van der Waals surface area (Å²) in [4.78, 5) is 87.5. The van der Waals surface area contributed by atoms with Crippen LogP contribution in [0.5, 0.6) is 0 Å². The van der Waals surface area contributed by atoms with E-state index >= 15 is 0 Å². The van der Waals surface area contributed by atoms with E-state index in [0.29, 0.717) is 6.42 Å². The van der Waals surface area contributed by atoms with Gasteiger partial charge in [0.05, 0.1) is 28.6 Å². The number of ether oxygens (including phenoxy) is 1. The third kappa shape index (κ3) is 7.16. The fourth-order valence-electron chi connectivity index (χ4n) is 4.09. The molecule has 0 saturated carbocycles. The van der Waals surface area contributed by atoms with Crippen LogP contribution >= 0.6 is 23.2 Å². The van der Waals surface area contributed by atoms with Crippen LogP contribution in [0.25, 0.3) is 0 Å². The number of fused-ring (bicyclic) bond motifs is 1. The number of carbonyl (C=O) groups excluding carboxylic acids is 6. The largest absolute Gasteiger partial charge is 0.481 e. The number of aliphatic carboxylic acids is 1. The summed E-state index contributed by atoms with van der Waals surface area (Å²) in [6.45, 7) is -2.00. The molecule has 1 aromatic rings. The number of benzene rings is 1. The van der Waals surface area contributed by atoms with Gasteiger partial charge >= 0.3 is 18.0 Å². The summed E-state index contributed by atoms with van der Waals surface area (Å²) >= 11 is 11.9. The lowest BCUT2D eigenvalue weighted by Crippen LogP contribution is -2.65. The van der Waals surface area contributed by atoms with Gasteiger partial charge in [0.1, 0.15) is 18.7 Å². The van der Waals surface area contributed by atoms with Gasteiger partial charge in [0.2, 0.25) is 11.8 Å². The summed E-state index contributed by atoms with van der Waals surface area (Å²) in [5, 5.41) is 23.2. The van der Waals surface area contributed by atoms with E-state index < -0.39 is 73.2 Å². The number of rotatable bonds is 10. The fourth-order valence-corrected chi connectivity index (χ4v) is 4.64. The van der Waals surface area contributed by atoms with Crippen molar-refractivity contribution in [3.8, 4) is 0 Å². The Morgan fingerprint density at radius 2 is 1.77 bits per heavy atom. The highest BCUT2D eigenvalue weighted by Crippen LogP contribution is 2.26. The van der Waals surface area contributed by atoms with Crippen molar-refractivity contribution >= 4 is 64.7 Å². The highest BCUT2D eigenvalue weighted by molar-refractivity contribution is 6.39. The lowest BCUT2D eigenvalue weighted by molar-refractivity contribution is -0.155. The number of halogens is 2. The van der Waals surface area contributed by atoms with Crippen molar-refractivity contribution in [2.75, 3.05) is 26.3 Å². The van der Waals surface area contributed by atoms with Gasteiger partial charge in [-0.25, -0.2) is 24.6 Å². The number of hydrazine groups is 2. The third-order valence-corrected chi connectivity index (χ3v) is 6.60. The van der Waals surface area contributed by atoms with Crippen molar-refractivity contribution in [2.24, 2.45) is 0 Å². The molecule has 2 atom stereocenters. The molecule has 1 aromatic carbocycles. The van der Waals surface area contributed by atoms with Gasteiger partial charge in [-0.3, -0.25) is 29.4 Å². The molecule has 2 aliphatic rings. The predicted octanol–water partition coefficient (Wildman–Crippen LogP) is -0.264. The normalized spacial score (nSPS) is 17.9. The molecule has 0 aromatic heterocycles. The van der Waals surface area contributed by atoms with Gasteiger partial charge in [-0.15, -0.1) is 0 Å². The quantitative estimate of drug-likeness (QED) is 0.258. The number of carboxylic acids is 1. The number of urea groups is 1. The van der Waals surface area contributed by atoms with Crippen LogP contribution in [0.1, 0.15) is 36.0 Å². The van der Waals surface area contributed by atoms with Crippen molar-refractivity contribution in [2.45, 2.75) is 37.8 Å². The van der Waals surface area contributed by atoms with Gasteiger partial charge in [0, 0.05) is 13.0 Å². The highest BCUT2D eigenvalue weighted by Gasteiger charge is 2.44. The van der Waals surface area contributed by atoms with Gasteiger partial charge < -0.3 is 20.3 Å². The summed E-state index contributed by atoms with van der Waals surface area (Å²) < 4.78 is 4.95. The van der Waals surface area contributed by atoms with Crippen LogP contribution in [-0.4, -0.2) is 105 Å². The van der Waals surface area contributed by atoms with E-state index in [9.17, 15) is 38.7 Å². The van der Waals surface area contributed by atoms with Crippen LogP contribution in [0.4, 0.5) is 4.79 Å². The number of esters is 1. The first-order valence-corrected chi connectivity index (χ1v) is 12.7. The van der Waals surface area contributed by atoms with Crippen molar-refractivity contribution < 1.29 is 48.5 Å². The van der Waals surface area contributed by atoms with E-state index in [1.165, 1.54) is 18.2 Å². The number of amides is 5. The van der Waals surface area contributed by atoms with E-state index in [-0.39, 0.29) is 41.5 Å². The average molecular weight is 602 g/mol. The Labute approximate surface area is 236 Å². The number of ketones is 1. The first-order chi connectivity index (χ1) is 18.9. The maximum absolute atomic E-state index is 13.3. The predicted molar refractivity (Wildman–Crippen MR) is 134 cm³/mol. The number of nitrogens with zero attached hydrogens (tertiary/aromatic N) is 3. The molecule has 0 radical (unpaired) electrons. The van der Waals surface area contributed by atoms with Crippen LogP contribution in [0.15, 0.2) is 18.2 Å². The van der Waals surface area contributed by atoms with Crippen molar-refractivity contribution in [1.82, 2.24) is 25.8 Å². The third-order valence-electron chi connectivity index (χ3n) is 5.97. The fraction of sp³-hybridized carbons (Fsp3) is 0.435. The van der Waals surface area contributed by atoms with E-state index in [1.807, 2.05) is 0 Å². The number of Topliss-reactive ketones (excluding diaryl/α,β-unsaturated/α-hetero) is 1. The standard InChI is InChI=1S/C23H25Cl2N5O10/c24-12-3-1-4-13(25)20(12)22(38)40-11-16(32)14(9-19(35)36)26-21(37)15-5-2-7-29-18(34)6-8-28(23(39)30(15)29)27-17(33)10-31/h1,3-4,14-15,31H,2,5-11H2,(H,26,37)(H,27,33)(H,35,36). The molecule has 40 heavy (non-hydrogen) atoms. The molecule has 15 nitrogen and oxygen atoms in total. The Hall–Kier alpha value is -3.95. The molecule has 2 heterocycles. The minimum atomic E-state index is -1.67. The zero-order valence-electron chi connectivity index (χ0n) is 20.8. The molecule has 216 valence electrons. The summed E-state index contributed by atoms with van der Waals surface area (Å²) in [5.41, 5.74) is 1.94. The monoisotopic (exact) mass is 601 g/mol. The molecule has 2 fully saturated rings. The maximum atomic E-state index is 13.3. The lowest BCUT2D eigenvalue weighted by Gasteiger charge is -2.43. The first kappa shape index (κ1) is 30.6. The number of nitrogens with one attached hydrogen (secondary N) is 2. The minimum Gasteiger partial charge on any atom is -0.481 e. The van der Waals surface area contributed by atoms with Crippen LogP contribution in [0, 0.1) is 0 Å². The number of carboxylic acid groups (broad SMARTS) is 1. The summed E-state index contributed by atoms with van der Waals surface area (Å²) in [6.07, 6.45) is -0.734. The zero-order chi connectivity index (χ0) is 29.6. The Kier molecular flexibility index (Phi) is 10.3. The summed E-state index contributed by atoms with van der Waals surface area (Å²) in [5.74, 6) is -5.88. The van der Waals surface area contributed by atoms with Gasteiger partial charge in [-0.1, -0.05) is 29.3 Å².